The first-order valence-electron chi connectivity index (χ1n) is 5.21. The fourth-order valence-electron chi connectivity index (χ4n) is 2.27. The molecule has 1 heterocycles. The number of ether oxygens (including phenoxy) is 2. The lowest BCUT2D eigenvalue weighted by molar-refractivity contribution is 0.173. The second-order valence-electron chi connectivity index (χ2n) is 3.80. The lowest BCUT2D eigenvalue weighted by Crippen LogP contribution is -2.08. The van der Waals surface area contributed by atoms with Crippen molar-refractivity contribution in [1.82, 2.24) is 0 Å². The quantitative estimate of drug-likeness (QED) is 0.817. The van der Waals surface area contributed by atoms with Crippen LogP contribution >= 0.6 is 12.4 Å². The normalized spacial score (nSPS) is 16.2. The van der Waals surface area contributed by atoms with Crippen molar-refractivity contribution in [3.63, 3.8) is 0 Å². The SMILES string of the molecule is Cl.NCC1=CCCc2c1ccc1c2OCO1. The summed E-state index contributed by atoms with van der Waals surface area (Å²) in [6.07, 6.45) is 4.27. The Labute approximate surface area is 101 Å². The van der Waals surface area contributed by atoms with Gasteiger partial charge in [0.25, 0.3) is 0 Å². The van der Waals surface area contributed by atoms with E-state index in [0.29, 0.717) is 13.3 Å². The van der Waals surface area contributed by atoms with E-state index in [4.69, 9.17) is 15.2 Å². The average molecular weight is 240 g/mol. The summed E-state index contributed by atoms with van der Waals surface area (Å²) in [5, 5.41) is 0. The van der Waals surface area contributed by atoms with Gasteiger partial charge in [-0.2, -0.15) is 0 Å². The van der Waals surface area contributed by atoms with Crippen LogP contribution in [0.2, 0.25) is 0 Å². The Hall–Kier alpha value is -1.19. The van der Waals surface area contributed by atoms with Crippen LogP contribution in [0.4, 0.5) is 0 Å². The highest BCUT2D eigenvalue weighted by Gasteiger charge is 2.23. The third-order valence-electron chi connectivity index (χ3n) is 2.99. The molecule has 0 amide bonds. The highest BCUT2D eigenvalue weighted by atomic mass is 35.5. The molecule has 3 rings (SSSR count). The summed E-state index contributed by atoms with van der Waals surface area (Å²) in [6, 6.07) is 4.05. The van der Waals surface area contributed by atoms with Crippen molar-refractivity contribution >= 4 is 18.0 Å². The summed E-state index contributed by atoms with van der Waals surface area (Å²) in [6.45, 7) is 0.931. The first kappa shape index (κ1) is 11.3. The van der Waals surface area contributed by atoms with E-state index in [1.54, 1.807) is 0 Å². The van der Waals surface area contributed by atoms with Crippen LogP contribution in [-0.4, -0.2) is 13.3 Å². The Morgan fingerprint density at radius 2 is 2.12 bits per heavy atom. The number of nitrogens with two attached hydrogens (primary N) is 1. The number of halogens is 1. The standard InChI is InChI=1S/C12H13NO2.ClH/c13-6-8-2-1-3-10-9(8)4-5-11-12(10)15-7-14-11;/h2,4-5H,1,3,6-7,13H2;1H. The number of allylic oxidation sites excluding steroid dienone is 1. The summed E-state index contributed by atoms with van der Waals surface area (Å²) in [7, 11) is 0. The van der Waals surface area contributed by atoms with Gasteiger partial charge in [-0.25, -0.2) is 0 Å². The van der Waals surface area contributed by atoms with Gasteiger partial charge in [0.05, 0.1) is 0 Å². The van der Waals surface area contributed by atoms with Gasteiger partial charge < -0.3 is 15.2 Å². The Balaban J connectivity index is 0.000000963. The van der Waals surface area contributed by atoms with E-state index >= 15 is 0 Å². The van der Waals surface area contributed by atoms with Gasteiger partial charge in [0.15, 0.2) is 11.5 Å². The van der Waals surface area contributed by atoms with Gasteiger partial charge in [-0.1, -0.05) is 12.1 Å². The van der Waals surface area contributed by atoms with Crippen molar-refractivity contribution in [2.24, 2.45) is 5.73 Å². The maximum Gasteiger partial charge on any atom is 0.231 e. The number of hydrogen-bond donors (Lipinski definition) is 1. The molecule has 0 radical (unpaired) electrons. The maximum atomic E-state index is 5.72. The van der Waals surface area contributed by atoms with Crippen LogP contribution in [0, 0.1) is 0 Å². The van der Waals surface area contributed by atoms with Crippen LogP contribution in [0.25, 0.3) is 5.57 Å². The Morgan fingerprint density at radius 1 is 1.25 bits per heavy atom. The molecule has 0 atom stereocenters. The molecule has 0 aromatic heterocycles. The fourth-order valence-corrected chi connectivity index (χ4v) is 2.27. The van der Waals surface area contributed by atoms with Crippen LogP contribution in [0.1, 0.15) is 17.5 Å². The fraction of sp³-hybridized carbons (Fsp3) is 0.333. The Bertz CT molecular complexity index is 443. The molecular formula is C12H14ClNO2. The second kappa shape index (κ2) is 4.36. The minimum Gasteiger partial charge on any atom is -0.454 e. The average Bonchev–Trinajstić information content (AvgIpc) is 2.76. The van der Waals surface area contributed by atoms with E-state index in [9.17, 15) is 0 Å². The number of hydrogen-bond acceptors (Lipinski definition) is 3. The highest BCUT2D eigenvalue weighted by Crippen LogP contribution is 2.41. The van der Waals surface area contributed by atoms with Crippen LogP contribution in [0.3, 0.4) is 0 Å². The zero-order chi connectivity index (χ0) is 10.3. The molecule has 1 aliphatic carbocycles. The van der Waals surface area contributed by atoms with Gasteiger partial charge in [0.2, 0.25) is 6.79 Å². The summed E-state index contributed by atoms with van der Waals surface area (Å²) >= 11 is 0. The summed E-state index contributed by atoms with van der Waals surface area (Å²) in [4.78, 5) is 0. The van der Waals surface area contributed by atoms with Crippen molar-refractivity contribution in [2.45, 2.75) is 12.8 Å². The monoisotopic (exact) mass is 239 g/mol. The molecule has 86 valence electrons. The van der Waals surface area contributed by atoms with Gasteiger partial charge in [-0.05, 0) is 30.0 Å². The van der Waals surface area contributed by atoms with Crippen LogP contribution < -0.4 is 15.2 Å². The predicted octanol–water partition coefficient (Wildman–Crippen LogP) is 2.13. The summed E-state index contributed by atoms with van der Waals surface area (Å²) < 4.78 is 10.9. The first-order valence-corrected chi connectivity index (χ1v) is 5.21. The van der Waals surface area contributed by atoms with Crippen molar-refractivity contribution in [3.8, 4) is 11.5 Å². The van der Waals surface area contributed by atoms with E-state index in [2.05, 4.69) is 12.1 Å². The van der Waals surface area contributed by atoms with E-state index < -0.39 is 0 Å². The van der Waals surface area contributed by atoms with Crippen molar-refractivity contribution in [3.05, 3.63) is 29.3 Å². The number of benzene rings is 1. The Morgan fingerprint density at radius 3 is 2.94 bits per heavy atom. The smallest absolute Gasteiger partial charge is 0.231 e. The lowest BCUT2D eigenvalue weighted by Gasteiger charge is -2.18. The molecule has 0 unspecified atom stereocenters. The minimum absolute atomic E-state index is 0. The number of fused-ring (bicyclic) bond motifs is 3. The molecule has 2 N–H and O–H groups in total. The van der Waals surface area contributed by atoms with E-state index in [1.807, 2.05) is 6.07 Å². The molecule has 3 nitrogen and oxygen atoms in total. The molecule has 0 spiro atoms. The summed E-state index contributed by atoms with van der Waals surface area (Å²) in [5.41, 5.74) is 9.43. The topological polar surface area (TPSA) is 44.5 Å². The zero-order valence-electron chi connectivity index (χ0n) is 8.86. The number of rotatable bonds is 1. The van der Waals surface area contributed by atoms with Gasteiger partial charge >= 0.3 is 0 Å². The van der Waals surface area contributed by atoms with Gasteiger partial charge in [-0.3, -0.25) is 0 Å². The zero-order valence-corrected chi connectivity index (χ0v) is 9.68. The largest absolute Gasteiger partial charge is 0.454 e. The van der Waals surface area contributed by atoms with Crippen molar-refractivity contribution < 1.29 is 9.47 Å². The van der Waals surface area contributed by atoms with Crippen LogP contribution in [0.15, 0.2) is 18.2 Å². The van der Waals surface area contributed by atoms with Gasteiger partial charge in [-0.15, -0.1) is 12.4 Å². The molecular weight excluding hydrogens is 226 g/mol. The summed E-state index contributed by atoms with van der Waals surface area (Å²) in [5.74, 6) is 1.79. The maximum absolute atomic E-state index is 5.72. The molecule has 0 bridgehead atoms. The van der Waals surface area contributed by atoms with Crippen molar-refractivity contribution in [1.29, 1.82) is 0 Å². The minimum atomic E-state index is 0. The molecule has 4 heteroatoms. The molecule has 0 saturated carbocycles. The predicted molar refractivity (Wildman–Crippen MR) is 65.2 cm³/mol. The molecule has 1 aliphatic heterocycles. The highest BCUT2D eigenvalue weighted by molar-refractivity contribution is 5.85. The Kier molecular flexibility index (Phi) is 3.08. The molecule has 16 heavy (non-hydrogen) atoms. The second-order valence-corrected chi connectivity index (χ2v) is 3.80. The van der Waals surface area contributed by atoms with E-state index in [1.165, 1.54) is 16.7 Å². The molecule has 0 fully saturated rings. The third kappa shape index (κ3) is 1.56. The van der Waals surface area contributed by atoms with Gasteiger partial charge in [0.1, 0.15) is 0 Å². The molecule has 2 aliphatic rings. The first-order chi connectivity index (χ1) is 7.40. The third-order valence-corrected chi connectivity index (χ3v) is 2.99. The van der Waals surface area contributed by atoms with E-state index in [-0.39, 0.29) is 12.4 Å². The van der Waals surface area contributed by atoms with Gasteiger partial charge in [0, 0.05) is 12.1 Å². The molecule has 1 aromatic rings. The lowest BCUT2D eigenvalue weighted by atomic mass is 9.90. The van der Waals surface area contributed by atoms with Crippen LogP contribution in [-0.2, 0) is 6.42 Å². The molecule has 1 aromatic carbocycles. The molecule has 0 saturated heterocycles. The van der Waals surface area contributed by atoms with Crippen molar-refractivity contribution in [2.75, 3.05) is 13.3 Å². The van der Waals surface area contributed by atoms with E-state index in [0.717, 1.165) is 24.3 Å². The van der Waals surface area contributed by atoms with Crippen LogP contribution in [0.5, 0.6) is 11.5 Å².